The Bertz CT molecular complexity index is 632. The summed E-state index contributed by atoms with van der Waals surface area (Å²) in [4.78, 5) is 10.4. The summed E-state index contributed by atoms with van der Waals surface area (Å²) >= 11 is 1.71. The van der Waals surface area contributed by atoms with Gasteiger partial charge in [0.05, 0.1) is 8.49 Å². The van der Waals surface area contributed by atoms with Crippen molar-refractivity contribution in [1.82, 2.24) is 0 Å². The Morgan fingerprint density at radius 3 is 2.47 bits per heavy atom. The Balaban J connectivity index is 2.41. The zero-order valence-electron chi connectivity index (χ0n) is 9.56. The van der Waals surface area contributed by atoms with Gasteiger partial charge in [0.25, 0.3) is 5.69 Å². The second-order valence-corrected chi connectivity index (χ2v) is 4.95. The topological polar surface area (TPSA) is 81.2 Å². The monoisotopic (exact) mass is 373 g/mol. The van der Waals surface area contributed by atoms with Crippen molar-refractivity contribution >= 4 is 45.3 Å². The summed E-state index contributed by atoms with van der Waals surface area (Å²) in [5, 5.41) is 13.8. The highest BCUT2D eigenvalue weighted by Crippen LogP contribution is 2.31. The molecule has 5 nitrogen and oxygen atoms in total. The third-order valence-electron chi connectivity index (χ3n) is 2.42. The third kappa shape index (κ3) is 3.11. The minimum absolute atomic E-state index is 0.104. The van der Waals surface area contributed by atoms with E-state index >= 15 is 0 Å². The van der Waals surface area contributed by atoms with Crippen molar-refractivity contribution in [2.45, 2.75) is 0 Å². The molecule has 19 heavy (non-hydrogen) atoms. The third-order valence-corrected chi connectivity index (χ3v) is 3.25. The van der Waals surface area contributed by atoms with Crippen LogP contribution < -0.4 is 11.1 Å². The number of hydrogen-bond acceptors (Lipinski definition) is 4. The molecule has 0 bridgehead atoms. The minimum atomic E-state index is -0.554. The molecule has 0 aromatic heterocycles. The molecule has 0 heterocycles. The molecule has 98 valence electrons. The number of anilines is 3. The lowest BCUT2D eigenvalue weighted by molar-refractivity contribution is -0.384. The zero-order chi connectivity index (χ0) is 14.0. The average Bonchev–Trinajstić information content (AvgIpc) is 2.36. The highest BCUT2D eigenvalue weighted by molar-refractivity contribution is 14.1. The number of nitrogen functional groups attached to an aromatic ring is 1. The van der Waals surface area contributed by atoms with Crippen molar-refractivity contribution in [1.29, 1.82) is 0 Å². The lowest BCUT2D eigenvalue weighted by Crippen LogP contribution is -1.99. The van der Waals surface area contributed by atoms with Gasteiger partial charge in [-0.1, -0.05) is 0 Å². The predicted molar refractivity (Wildman–Crippen MR) is 79.9 cm³/mol. The number of benzene rings is 2. The molecule has 3 N–H and O–H groups in total. The van der Waals surface area contributed by atoms with E-state index in [0.717, 1.165) is 6.07 Å². The Hall–Kier alpha value is -1.90. The summed E-state index contributed by atoms with van der Waals surface area (Å²) in [6.07, 6.45) is 0. The molecule has 0 spiro atoms. The fourth-order valence-electron chi connectivity index (χ4n) is 1.51. The van der Waals surface area contributed by atoms with Crippen LogP contribution in [0, 0.1) is 19.5 Å². The first-order chi connectivity index (χ1) is 8.97. The van der Waals surface area contributed by atoms with Gasteiger partial charge in [0.1, 0.15) is 11.5 Å². The molecule has 2 aromatic rings. The molecule has 7 heteroatoms. The van der Waals surface area contributed by atoms with Crippen LogP contribution in [0.2, 0.25) is 0 Å². The smallest absolute Gasteiger partial charge is 0.293 e. The largest absolute Gasteiger partial charge is 0.399 e. The Morgan fingerprint density at radius 2 is 1.89 bits per heavy atom. The number of nitro benzene ring substituents is 1. The zero-order valence-corrected chi connectivity index (χ0v) is 11.7. The van der Waals surface area contributed by atoms with Crippen molar-refractivity contribution in [3.05, 3.63) is 55.9 Å². The van der Waals surface area contributed by atoms with Crippen molar-refractivity contribution in [2.24, 2.45) is 0 Å². The molecular formula is C12H9FIN3O2. The summed E-state index contributed by atoms with van der Waals surface area (Å²) in [5.41, 5.74) is 6.64. The maximum absolute atomic E-state index is 13.5. The minimum Gasteiger partial charge on any atom is -0.399 e. The first kappa shape index (κ1) is 13.5. The van der Waals surface area contributed by atoms with Crippen LogP contribution in [0.25, 0.3) is 0 Å². The van der Waals surface area contributed by atoms with E-state index in [1.54, 1.807) is 46.9 Å². The number of hydrogen-bond donors (Lipinski definition) is 2. The number of halogens is 2. The second kappa shape index (κ2) is 5.39. The van der Waals surface area contributed by atoms with E-state index in [4.69, 9.17) is 5.73 Å². The van der Waals surface area contributed by atoms with Gasteiger partial charge in [-0.3, -0.25) is 10.1 Å². The molecule has 0 atom stereocenters. The molecule has 0 aliphatic carbocycles. The Morgan fingerprint density at radius 1 is 1.26 bits per heavy atom. The van der Waals surface area contributed by atoms with E-state index in [1.165, 1.54) is 6.07 Å². The highest BCUT2D eigenvalue weighted by Gasteiger charge is 2.17. The number of rotatable bonds is 3. The molecular weight excluding hydrogens is 364 g/mol. The number of nitrogens with two attached hydrogens (primary N) is 1. The molecule has 0 amide bonds. The SMILES string of the molecule is Nc1ccc(Nc2cc(F)c(I)cc2[N+](=O)[O-])cc1. The van der Waals surface area contributed by atoms with Crippen LogP contribution in [-0.2, 0) is 0 Å². The molecule has 2 aromatic carbocycles. The number of nitrogens with one attached hydrogen (secondary N) is 1. The van der Waals surface area contributed by atoms with Crippen LogP contribution in [-0.4, -0.2) is 4.92 Å². The van der Waals surface area contributed by atoms with Crippen LogP contribution in [0.5, 0.6) is 0 Å². The fraction of sp³-hybridized carbons (Fsp3) is 0. The highest BCUT2D eigenvalue weighted by atomic mass is 127. The maximum atomic E-state index is 13.5. The Labute approximate surface area is 121 Å². The predicted octanol–water partition coefficient (Wildman–Crippen LogP) is 3.66. The molecule has 0 unspecified atom stereocenters. The van der Waals surface area contributed by atoms with Gasteiger partial charge in [0, 0.05) is 23.5 Å². The first-order valence-electron chi connectivity index (χ1n) is 5.23. The summed E-state index contributed by atoms with van der Waals surface area (Å²) in [6, 6.07) is 8.92. The quantitative estimate of drug-likeness (QED) is 0.372. The van der Waals surface area contributed by atoms with Crippen molar-refractivity contribution in [3.63, 3.8) is 0 Å². The molecule has 0 saturated carbocycles. The van der Waals surface area contributed by atoms with Crippen LogP contribution in [0.3, 0.4) is 0 Å². The van der Waals surface area contributed by atoms with Gasteiger partial charge < -0.3 is 11.1 Å². The fourth-order valence-corrected chi connectivity index (χ4v) is 1.96. The van der Waals surface area contributed by atoms with Crippen molar-refractivity contribution < 1.29 is 9.31 Å². The average molecular weight is 373 g/mol. The number of nitro groups is 1. The lowest BCUT2D eigenvalue weighted by atomic mass is 10.2. The van der Waals surface area contributed by atoms with Crippen LogP contribution >= 0.6 is 22.6 Å². The standard InChI is InChI=1S/C12H9FIN3O2/c13-9-5-11(12(17(18)19)6-10(9)14)16-8-3-1-7(15)2-4-8/h1-6,16H,15H2. The molecule has 0 aliphatic rings. The second-order valence-electron chi connectivity index (χ2n) is 3.79. The normalized spacial score (nSPS) is 10.2. The molecule has 0 fully saturated rings. The Kier molecular flexibility index (Phi) is 3.84. The van der Waals surface area contributed by atoms with Crippen LogP contribution in [0.4, 0.5) is 27.1 Å². The van der Waals surface area contributed by atoms with Gasteiger partial charge in [-0.25, -0.2) is 4.39 Å². The van der Waals surface area contributed by atoms with Crippen LogP contribution in [0.15, 0.2) is 36.4 Å². The van der Waals surface area contributed by atoms with E-state index in [9.17, 15) is 14.5 Å². The summed E-state index contributed by atoms with van der Waals surface area (Å²) < 4.78 is 13.7. The molecule has 2 rings (SSSR count). The van der Waals surface area contributed by atoms with Gasteiger partial charge in [0.2, 0.25) is 0 Å². The van der Waals surface area contributed by atoms with E-state index in [-0.39, 0.29) is 14.9 Å². The van der Waals surface area contributed by atoms with Gasteiger partial charge >= 0.3 is 0 Å². The number of nitrogens with zero attached hydrogens (tertiary/aromatic N) is 1. The van der Waals surface area contributed by atoms with Crippen molar-refractivity contribution in [3.8, 4) is 0 Å². The van der Waals surface area contributed by atoms with Gasteiger partial charge in [-0.15, -0.1) is 0 Å². The molecule has 0 aliphatic heterocycles. The lowest BCUT2D eigenvalue weighted by Gasteiger charge is -2.08. The summed E-state index contributed by atoms with van der Waals surface area (Å²) in [6.45, 7) is 0. The van der Waals surface area contributed by atoms with Crippen LogP contribution in [0.1, 0.15) is 0 Å². The molecule has 0 radical (unpaired) electrons. The van der Waals surface area contributed by atoms with Crippen molar-refractivity contribution in [2.75, 3.05) is 11.1 Å². The van der Waals surface area contributed by atoms with Gasteiger partial charge in [0.15, 0.2) is 0 Å². The van der Waals surface area contributed by atoms with Gasteiger partial charge in [-0.2, -0.15) is 0 Å². The van der Waals surface area contributed by atoms with E-state index in [0.29, 0.717) is 11.4 Å². The van der Waals surface area contributed by atoms with E-state index < -0.39 is 10.7 Å². The maximum Gasteiger partial charge on any atom is 0.293 e. The summed E-state index contributed by atoms with van der Waals surface area (Å²) in [7, 11) is 0. The van der Waals surface area contributed by atoms with E-state index in [1.807, 2.05) is 0 Å². The van der Waals surface area contributed by atoms with E-state index in [2.05, 4.69) is 5.32 Å². The van der Waals surface area contributed by atoms with Gasteiger partial charge in [-0.05, 0) is 46.9 Å². The first-order valence-corrected chi connectivity index (χ1v) is 6.31. The molecule has 0 saturated heterocycles. The summed E-state index contributed by atoms with van der Waals surface area (Å²) in [5.74, 6) is -0.510.